The number of hydrogen-bond donors (Lipinski definition) is 1. The maximum atomic E-state index is 13.2. The number of hydrogen-bond acceptors (Lipinski definition) is 4. The van der Waals surface area contributed by atoms with Gasteiger partial charge < -0.3 is 9.84 Å². The molecule has 4 rings (SSSR count). The van der Waals surface area contributed by atoms with Crippen molar-refractivity contribution in [3.05, 3.63) is 99.0 Å². The number of anilines is 1. The van der Waals surface area contributed by atoms with Crippen LogP contribution in [0, 0.1) is 0 Å². The molecule has 1 saturated heterocycles. The number of aliphatic hydroxyl groups excluding tert-OH is 1. The smallest absolute Gasteiger partial charge is 0.300 e. The van der Waals surface area contributed by atoms with E-state index in [1.165, 1.54) is 4.90 Å². The van der Waals surface area contributed by atoms with Gasteiger partial charge in [0.05, 0.1) is 18.2 Å². The molecular weight excluding hydrogens is 494 g/mol. The normalized spacial score (nSPS) is 17.6. The molecule has 1 aliphatic rings. The second-order valence-electron chi connectivity index (χ2n) is 7.16. The van der Waals surface area contributed by atoms with E-state index in [4.69, 9.17) is 16.3 Å². The zero-order chi connectivity index (χ0) is 22.8. The van der Waals surface area contributed by atoms with Crippen molar-refractivity contribution >= 4 is 50.7 Å². The number of benzene rings is 3. The van der Waals surface area contributed by atoms with Gasteiger partial charge in [0.2, 0.25) is 0 Å². The predicted molar refractivity (Wildman–Crippen MR) is 128 cm³/mol. The Bertz CT molecular complexity index is 1210. The van der Waals surface area contributed by atoms with E-state index >= 15 is 0 Å². The van der Waals surface area contributed by atoms with Gasteiger partial charge in [-0.3, -0.25) is 14.5 Å². The minimum Gasteiger partial charge on any atom is -0.507 e. The number of carbonyl (C=O) groups is 2. The summed E-state index contributed by atoms with van der Waals surface area (Å²) in [5.74, 6) is -1.14. The summed E-state index contributed by atoms with van der Waals surface area (Å²) in [4.78, 5) is 27.7. The van der Waals surface area contributed by atoms with Crippen LogP contribution in [0.4, 0.5) is 5.69 Å². The summed E-state index contributed by atoms with van der Waals surface area (Å²) >= 11 is 9.43. The summed E-state index contributed by atoms with van der Waals surface area (Å²) in [6, 6.07) is 19.9. The average Bonchev–Trinajstić information content (AvgIpc) is 3.05. The van der Waals surface area contributed by atoms with E-state index < -0.39 is 17.7 Å². The van der Waals surface area contributed by atoms with Crippen LogP contribution in [0.25, 0.3) is 5.76 Å². The van der Waals surface area contributed by atoms with E-state index in [2.05, 4.69) is 15.9 Å². The number of Topliss-reactive ketones (excluding diaryl/α,β-unsaturated/α-hetero) is 1. The Kier molecular flexibility index (Phi) is 6.35. The van der Waals surface area contributed by atoms with Crippen molar-refractivity contribution in [2.75, 3.05) is 11.5 Å². The lowest BCUT2D eigenvalue weighted by Gasteiger charge is -2.26. The van der Waals surface area contributed by atoms with Crippen molar-refractivity contribution in [1.29, 1.82) is 0 Å². The van der Waals surface area contributed by atoms with Crippen LogP contribution in [0.15, 0.2) is 82.8 Å². The highest BCUT2D eigenvalue weighted by Crippen LogP contribution is 2.43. The van der Waals surface area contributed by atoms with Crippen LogP contribution in [-0.4, -0.2) is 23.4 Å². The van der Waals surface area contributed by atoms with E-state index in [0.29, 0.717) is 34.2 Å². The molecule has 1 aliphatic heterocycles. The van der Waals surface area contributed by atoms with Gasteiger partial charge in [-0.1, -0.05) is 57.9 Å². The van der Waals surface area contributed by atoms with Crippen LogP contribution in [0.1, 0.15) is 24.1 Å². The maximum absolute atomic E-state index is 13.2. The minimum absolute atomic E-state index is 0.0152. The molecule has 1 fully saturated rings. The van der Waals surface area contributed by atoms with Crippen molar-refractivity contribution in [3.8, 4) is 5.75 Å². The molecule has 32 heavy (non-hydrogen) atoms. The number of aliphatic hydroxyl groups is 1. The Morgan fingerprint density at radius 2 is 1.75 bits per heavy atom. The molecule has 0 spiro atoms. The Labute approximate surface area is 199 Å². The van der Waals surface area contributed by atoms with Gasteiger partial charge in [0, 0.05) is 26.8 Å². The second kappa shape index (κ2) is 9.18. The molecular formula is C25H19BrClNO4. The van der Waals surface area contributed by atoms with E-state index in [1.54, 1.807) is 72.8 Å². The number of amides is 1. The quantitative estimate of drug-likeness (QED) is 0.254. The molecule has 1 heterocycles. The monoisotopic (exact) mass is 511 g/mol. The van der Waals surface area contributed by atoms with Gasteiger partial charge >= 0.3 is 0 Å². The van der Waals surface area contributed by atoms with Crippen molar-refractivity contribution in [2.45, 2.75) is 13.0 Å². The number of rotatable bonds is 5. The fourth-order valence-electron chi connectivity index (χ4n) is 3.71. The van der Waals surface area contributed by atoms with Gasteiger partial charge in [-0.25, -0.2) is 0 Å². The number of ether oxygens (including phenoxy) is 1. The van der Waals surface area contributed by atoms with Gasteiger partial charge in [0.15, 0.2) is 0 Å². The van der Waals surface area contributed by atoms with E-state index in [9.17, 15) is 14.7 Å². The molecule has 0 aliphatic carbocycles. The third-order valence-electron chi connectivity index (χ3n) is 5.15. The van der Waals surface area contributed by atoms with Crippen molar-refractivity contribution < 1.29 is 19.4 Å². The molecule has 0 radical (unpaired) electrons. The molecule has 0 bridgehead atoms. The van der Waals surface area contributed by atoms with Gasteiger partial charge in [-0.2, -0.15) is 0 Å². The first-order valence-corrected chi connectivity index (χ1v) is 11.1. The average molecular weight is 513 g/mol. The lowest BCUT2D eigenvalue weighted by molar-refractivity contribution is -0.132. The molecule has 1 unspecified atom stereocenters. The first-order chi connectivity index (χ1) is 15.4. The fourth-order valence-corrected chi connectivity index (χ4v) is 4.10. The lowest BCUT2D eigenvalue weighted by atomic mass is 9.95. The van der Waals surface area contributed by atoms with E-state index in [1.807, 2.05) is 6.92 Å². The predicted octanol–water partition coefficient (Wildman–Crippen LogP) is 6.13. The highest BCUT2D eigenvalue weighted by Gasteiger charge is 2.47. The van der Waals surface area contributed by atoms with Gasteiger partial charge in [0.1, 0.15) is 11.5 Å². The zero-order valence-electron chi connectivity index (χ0n) is 17.1. The van der Waals surface area contributed by atoms with E-state index in [0.717, 1.165) is 4.47 Å². The van der Waals surface area contributed by atoms with Crippen molar-refractivity contribution in [3.63, 3.8) is 0 Å². The Morgan fingerprint density at radius 3 is 2.41 bits per heavy atom. The second-order valence-corrected chi connectivity index (χ2v) is 8.51. The molecule has 3 aromatic rings. The third-order valence-corrected chi connectivity index (χ3v) is 5.94. The third kappa shape index (κ3) is 4.16. The first kappa shape index (κ1) is 22.1. The summed E-state index contributed by atoms with van der Waals surface area (Å²) in [6.07, 6.45) is 0. The largest absolute Gasteiger partial charge is 0.507 e. The number of ketones is 1. The van der Waals surface area contributed by atoms with Crippen molar-refractivity contribution in [2.24, 2.45) is 0 Å². The summed E-state index contributed by atoms with van der Waals surface area (Å²) in [6.45, 7) is 2.33. The van der Waals surface area contributed by atoms with Gasteiger partial charge in [0.25, 0.3) is 11.7 Å². The molecule has 0 saturated carbocycles. The summed E-state index contributed by atoms with van der Waals surface area (Å²) in [5.41, 5.74) is 1.59. The molecule has 1 amide bonds. The van der Waals surface area contributed by atoms with Crippen LogP contribution in [0.5, 0.6) is 5.75 Å². The van der Waals surface area contributed by atoms with Crippen LogP contribution in [-0.2, 0) is 9.59 Å². The van der Waals surface area contributed by atoms with Crippen LogP contribution in [0.2, 0.25) is 5.02 Å². The highest BCUT2D eigenvalue weighted by atomic mass is 79.9. The molecule has 3 aromatic carbocycles. The molecule has 0 aromatic heterocycles. The van der Waals surface area contributed by atoms with Crippen molar-refractivity contribution in [1.82, 2.24) is 0 Å². The molecule has 5 nitrogen and oxygen atoms in total. The van der Waals surface area contributed by atoms with Gasteiger partial charge in [-0.15, -0.1) is 0 Å². The Hall–Kier alpha value is -3.09. The van der Waals surface area contributed by atoms with Crippen LogP contribution < -0.4 is 9.64 Å². The van der Waals surface area contributed by atoms with Crippen LogP contribution in [0.3, 0.4) is 0 Å². The number of nitrogens with zero attached hydrogens (tertiary/aromatic N) is 1. The summed E-state index contributed by atoms with van der Waals surface area (Å²) in [5, 5.41) is 11.6. The van der Waals surface area contributed by atoms with Gasteiger partial charge in [-0.05, 0) is 48.9 Å². The number of halogens is 2. The fraction of sp³-hybridized carbons (Fsp3) is 0.120. The lowest BCUT2D eigenvalue weighted by Crippen LogP contribution is -2.29. The Morgan fingerprint density at radius 1 is 1.06 bits per heavy atom. The first-order valence-electron chi connectivity index (χ1n) is 9.96. The maximum Gasteiger partial charge on any atom is 0.300 e. The van der Waals surface area contributed by atoms with Crippen LogP contribution >= 0.6 is 27.5 Å². The molecule has 162 valence electrons. The van der Waals surface area contributed by atoms with E-state index in [-0.39, 0.29) is 11.3 Å². The summed E-state index contributed by atoms with van der Waals surface area (Å²) < 4.78 is 6.40. The molecule has 7 heteroatoms. The number of carbonyl (C=O) groups excluding carboxylic acids is 2. The topological polar surface area (TPSA) is 66.8 Å². The SMILES string of the molecule is CCOc1cccc(N2C(=O)C(=O)/C(=C(/O)c3ccc(Br)cc3)C2c2ccc(Cl)cc2)c1. The molecule has 1 atom stereocenters. The standard InChI is InChI=1S/C25H19BrClNO4/c1-2-32-20-5-3-4-19(14-20)28-22(15-8-12-18(27)13-9-15)21(24(30)25(28)31)23(29)16-6-10-17(26)11-7-16/h3-14,22,29H,2H2,1H3/b23-21+. The highest BCUT2D eigenvalue weighted by molar-refractivity contribution is 9.10. The summed E-state index contributed by atoms with van der Waals surface area (Å²) in [7, 11) is 0. The Balaban J connectivity index is 1.91. The minimum atomic E-state index is -0.826. The zero-order valence-corrected chi connectivity index (χ0v) is 19.4. The molecule has 1 N–H and O–H groups in total.